The summed E-state index contributed by atoms with van der Waals surface area (Å²) in [5, 5.41) is 6.13. The van der Waals surface area contributed by atoms with Gasteiger partial charge in [-0.1, -0.05) is 0 Å². The standard InChI is InChI=1S/C17H27F2N3O2S.HI/c1-5-20-16(22-9-11-25(23)17(2,3)4)21-8-10-24-15-7-6-13(18)12-14(15)19;/h6-7,12H,5,8-11H2,1-4H3,(H2,20,21,22);1H. The number of rotatable bonds is 8. The Morgan fingerprint density at radius 3 is 2.54 bits per heavy atom. The van der Waals surface area contributed by atoms with Gasteiger partial charge in [0.05, 0.1) is 13.1 Å². The lowest BCUT2D eigenvalue weighted by Gasteiger charge is -2.17. The number of hydrogen-bond donors (Lipinski definition) is 2. The molecule has 0 aliphatic carbocycles. The third-order valence-electron chi connectivity index (χ3n) is 3.12. The van der Waals surface area contributed by atoms with Gasteiger partial charge in [-0.3, -0.25) is 9.20 Å². The number of hydrogen-bond acceptors (Lipinski definition) is 3. The fourth-order valence-corrected chi connectivity index (χ4v) is 2.68. The van der Waals surface area contributed by atoms with Crippen LogP contribution in [-0.2, 0) is 10.8 Å². The van der Waals surface area contributed by atoms with Crippen LogP contribution in [0.5, 0.6) is 5.75 Å². The highest BCUT2D eigenvalue weighted by Gasteiger charge is 2.18. The Morgan fingerprint density at radius 2 is 1.96 bits per heavy atom. The van der Waals surface area contributed by atoms with Crippen molar-refractivity contribution in [3.05, 3.63) is 29.8 Å². The second-order valence-electron chi connectivity index (χ2n) is 6.27. The number of guanidine groups is 1. The summed E-state index contributed by atoms with van der Waals surface area (Å²) in [6.45, 7) is 9.45. The lowest BCUT2D eigenvalue weighted by atomic mass is 10.3. The number of nitrogens with one attached hydrogen (secondary N) is 2. The predicted molar refractivity (Wildman–Crippen MR) is 114 cm³/mol. The van der Waals surface area contributed by atoms with Crippen LogP contribution < -0.4 is 15.4 Å². The van der Waals surface area contributed by atoms with Gasteiger partial charge in [0, 0.05) is 33.9 Å². The second-order valence-corrected chi connectivity index (χ2v) is 8.60. The molecular weight excluding hydrogens is 475 g/mol. The normalized spacial score (nSPS) is 12.9. The van der Waals surface area contributed by atoms with Gasteiger partial charge in [-0.05, 0) is 39.8 Å². The molecule has 0 radical (unpaired) electrons. The smallest absolute Gasteiger partial charge is 0.191 e. The highest BCUT2D eigenvalue weighted by atomic mass is 127. The highest BCUT2D eigenvalue weighted by Crippen LogP contribution is 2.17. The van der Waals surface area contributed by atoms with Crippen molar-refractivity contribution < 1.29 is 17.7 Å². The number of nitrogens with zero attached hydrogens (tertiary/aromatic N) is 1. The van der Waals surface area contributed by atoms with Crippen molar-refractivity contribution in [2.75, 3.05) is 32.0 Å². The summed E-state index contributed by atoms with van der Waals surface area (Å²) in [7, 11) is -0.954. The fraction of sp³-hybridized carbons (Fsp3) is 0.588. The minimum atomic E-state index is -0.954. The summed E-state index contributed by atoms with van der Waals surface area (Å²) >= 11 is 0. The molecule has 0 saturated carbocycles. The van der Waals surface area contributed by atoms with Crippen LogP contribution in [0.15, 0.2) is 23.2 Å². The zero-order valence-corrected chi connectivity index (χ0v) is 18.8. The Bertz CT molecular complexity index is 610. The topological polar surface area (TPSA) is 62.7 Å². The minimum Gasteiger partial charge on any atom is -0.489 e. The van der Waals surface area contributed by atoms with E-state index < -0.39 is 22.4 Å². The van der Waals surface area contributed by atoms with Crippen molar-refractivity contribution in [3.8, 4) is 5.75 Å². The van der Waals surface area contributed by atoms with Gasteiger partial charge >= 0.3 is 0 Å². The molecule has 1 atom stereocenters. The van der Waals surface area contributed by atoms with E-state index in [1.165, 1.54) is 6.07 Å². The number of halogens is 3. The lowest BCUT2D eigenvalue weighted by molar-refractivity contribution is 0.304. The zero-order chi connectivity index (χ0) is 18.9. The Morgan fingerprint density at radius 1 is 1.27 bits per heavy atom. The molecule has 26 heavy (non-hydrogen) atoms. The van der Waals surface area contributed by atoms with E-state index in [0.29, 0.717) is 31.3 Å². The van der Waals surface area contributed by atoms with Gasteiger partial charge in [-0.25, -0.2) is 8.78 Å². The van der Waals surface area contributed by atoms with Crippen molar-refractivity contribution in [1.29, 1.82) is 0 Å². The third-order valence-corrected chi connectivity index (χ3v) is 5.04. The highest BCUT2D eigenvalue weighted by molar-refractivity contribution is 14.0. The van der Waals surface area contributed by atoms with E-state index in [1.54, 1.807) is 0 Å². The maximum absolute atomic E-state index is 13.4. The number of aliphatic imine (C=N–C) groups is 1. The SMILES string of the molecule is CCNC(=NCCS(=O)C(C)(C)C)NCCOc1ccc(F)cc1F.I. The monoisotopic (exact) mass is 503 g/mol. The van der Waals surface area contributed by atoms with E-state index in [1.807, 2.05) is 27.7 Å². The van der Waals surface area contributed by atoms with E-state index in [4.69, 9.17) is 4.74 Å². The molecule has 5 nitrogen and oxygen atoms in total. The molecule has 0 heterocycles. The minimum absolute atomic E-state index is 0. The van der Waals surface area contributed by atoms with Crippen LogP contribution in [0.25, 0.3) is 0 Å². The first kappa shape index (κ1) is 25.0. The molecule has 0 fully saturated rings. The molecule has 0 aromatic heterocycles. The first-order chi connectivity index (χ1) is 11.7. The van der Waals surface area contributed by atoms with Gasteiger partial charge in [0.25, 0.3) is 0 Å². The van der Waals surface area contributed by atoms with E-state index >= 15 is 0 Å². The maximum Gasteiger partial charge on any atom is 0.191 e. The third kappa shape index (κ3) is 9.65. The van der Waals surface area contributed by atoms with E-state index in [2.05, 4.69) is 15.6 Å². The quantitative estimate of drug-likeness (QED) is 0.248. The van der Waals surface area contributed by atoms with Crippen LogP contribution in [0.4, 0.5) is 8.78 Å². The molecule has 0 saturated heterocycles. The van der Waals surface area contributed by atoms with Crippen molar-refractivity contribution >= 4 is 40.7 Å². The van der Waals surface area contributed by atoms with Gasteiger partial charge in [0.1, 0.15) is 12.4 Å². The average molecular weight is 503 g/mol. The molecule has 0 amide bonds. The summed E-state index contributed by atoms with van der Waals surface area (Å²) in [6.07, 6.45) is 0. The van der Waals surface area contributed by atoms with Crippen molar-refractivity contribution in [3.63, 3.8) is 0 Å². The van der Waals surface area contributed by atoms with Crippen LogP contribution in [0.2, 0.25) is 0 Å². The first-order valence-corrected chi connectivity index (χ1v) is 9.54. The van der Waals surface area contributed by atoms with E-state index in [9.17, 15) is 13.0 Å². The Labute approximate surface area is 173 Å². The summed E-state index contributed by atoms with van der Waals surface area (Å²) in [4.78, 5) is 4.36. The average Bonchev–Trinajstić information content (AvgIpc) is 2.52. The van der Waals surface area contributed by atoms with Crippen LogP contribution in [0.1, 0.15) is 27.7 Å². The Balaban J connectivity index is 0.00000625. The van der Waals surface area contributed by atoms with Crippen LogP contribution >= 0.6 is 24.0 Å². The fourth-order valence-electron chi connectivity index (χ4n) is 1.81. The summed E-state index contributed by atoms with van der Waals surface area (Å²) in [6, 6.07) is 3.18. The number of benzene rings is 1. The van der Waals surface area contributed by atoms with Gasteiger partial charge < -0.3 is 15.4 Å². The lowest BCUT2D eigenvalue weighted by Crippen LogP contribution is -2.39. The second kappa shape index (κ2) is 12.4. The van der Waals surface area contributed by atoms with Gasteiger partial charge in [0.15, 0.2) is 17.5 Å². The molecular formula is C17H28F2IN3O2S. The molecule has 1 aromatic rings. The van der Waals surface area contributed by atoms with Gasteiger partial charge in [0.2, 0.25) is 0 Å². The molecule has 1 unspecified atom stereocenters. The van der Waals surface area contributed by atoms with E-state index in [0.717, 1.165) is 12.1 Å². The molecule has 1 aromatic carbocycles. The predicted octanol–water partition coefficient (Wildman–Crippen LogP) is 3.06. The summed E-state index contributed by atoms with van der Waals surface area (Å²) < 4.78 is 43.3. The Hall–Kier alpha value is -0.970. The molecule has 9 heteroatoms. The van der Waals surface area contributed by atoms with Crippen molar-refractivity contribution in [1.82, 2.24) is 10.6 Å². The van der Waals surface area contributed by atoms with Gasteiger partial charge in [-0.2, -0.15) is 0 Å². The molecule has 0 aliphatic rings. The van der Waals surface area contributed by atoms with Crippen molar-refractivity contribution in [2.24, 2.45) is 4.99 Å². The molecule has 0 spiro atoms. The van der Waals surface area contributed by atoms with E-state index in [-0.39, 0.29) is 41.1 Å². The van der Waals surface area contributed by atoms with Crippen LogP contribution in [-0.4, -0.2) is 46.9 Å². The van der Waals surface area contributed by atoms with Crippen LogP contribution in [0, 0.1) is 11.6 Å². The van der Waals surface area contributed by atoms with Gasteiger partial charge in [-0.15, -0.1) is 24.0 Å². The Kier molecular flexibility index (Phi) is 12.0. The summed E-state index contributed by atoms with van der Waals surface area (Å²) in [5.74, 6) is -0.304. The van der Waals surface area contributed by atoms with Crippen molar-refractivity contribution in [2.45, 2.75) is 32.4 Å². The molecule has 150 valence electrons. The molecule has 1 rings (SSSR count). The molecule has 0 bridgehead atoms. The zero-order valence-electron chi connectivity index (χ0n) is 15.6. The summed E-state index contributed by atoms with van der Waals surface area (Å²) in [5.41, 5.74) is 0. The number of ether oxygens (including phenoxy) is 1. The molecule has 2 N–H and O–H groups in total. The maximum atomic E-state index is 13.4. The first-order valence-electron chi connectivity index (χ1n) is 8.22. The molecule has 0 aliphatic heterocycles. The largest absolute Gasteiger partial charge is 0.489 e. The van der Waals surface area contributed by atoms with Crippen LogP contribution in [0.3, 0.4) is 0 Å².